The Hall–Kier alpha value is -0.593. The Balaban J connectivity index is 0.00000676. The lowest BCUT2D eigenvalue weighted by Crippen LogP contribution is -2.47. The Kier molecular flexibility index (Phi) is 13.3. The number of ether oxygens (including phenoxy) is 1. The van der Waals surface area contributed by atoms with E-state index < -0.39 is 13.6 Å². The van der Waals surface area contributed by atoms with Gasteiger partial charge in [0.2, 0.25) is 0 Å². The van der Waals surface area contributed by atoms with E-state index in [0.29, 0.717) is 6.42 Å². The second kappa shape index (κ2) is 13.6. The number of hydrogen-bond acceptors (Lipinski definition) is 4. The van der Waals surface area contributed by atoms with Gasteiger partial charge in [-0.05, 0) is 37.0 Å². The van der Waals surface area contributed by atoms with Crippen LogP contribution in [0, 0.1) is 0 Å². The molecule has 0 radical (unpaired) electrons. The van der Waals surface area contributed by atoms with Gasteiger partial charge in [-0.15, -0.1) is 12.4 Å². The van der Waals surface area contributed by atoms with Crippen LogP contribution in [0.5, 0.6) is 5.75 Å². The number of rotatable bonds is 14. The van der Waals surface area contributed by atoms with Crippen molar-refractivity contribution in [2.24, 2.45) is 5.73 Å². The molecule has 0 aliphatic carbocycles. The maximum absolute atomic E-state index is 9.23. The van der Waals surface area contributed by atoms with Gasteiger partial charge in [-0.2, -0.15) is 0 Å². The molecule has 6 heteroatoms. The lowest BCUT2D eigenvalue weighted by Gasteiger charge is -2.24. The van der Waals surface area contributed by atoms with Gasteiger partial charge in [0.05, 0.1) is 25.4 Å². The summed E-state index contributed by atoms with van der Waals surface area (Å²) >= 11 is 0. The standard InChI is InChI=1S/C21H39NO3Si.ClH/c1-4-15-26(2,3)16-7-5-6-14-25-20-10-8-19(9-11-20)12-13-21(22,17-23)18-24;/h8-11,23-24H,4-7,12-18,22H2,1-3H3;1H. The van der Waals surface area contributed by atoms with E-state index in [1.165, 1.54) is 31.4 Å². The molecule has 27 heavy (non-hydrogen) atoms. The summed E-state index contributed by atoms with van der Waals surface area (Å²) in [7, 11) is -0.942. The normalized spacial score (nSPS) is 11.9. The van der Waals surface area contributed by atoms with Crippen molar-refractivity contribution in [3.05, 3.63) is 29.8 Å². The molecular weight excluding hydrogens is 378 g/mol. The van der Waals surface area contributed by atoms with Crippen LogP contribution >= 0.6 is 12.4 Å². The summed E-state index contributed by atoms with van der Waals surface area (Å²) in [5.74, 6) is 0.901. The van der Waals surface area contributed by atoms with E-state index in [1.807, 2.05) is 24.3 Å². The lowest BCUT2D eigenvalue weighted by molar-refractivity contribution is 0.115. The van der Waals surface area contributed by atoms with Crippen molar-refractivity contribution in [3.8, 4) is 5.75 Å². The predicted molar refractivity (Wildman–Crippen MR) is 120 cm³/mol. The molecular formula is C21H40ClNO3Si. The first-order valence-corrected chi connectivity index (χ1v) is 13.5. The van der Waals surface area contributed by atoms with Crippen molar-refractivity contribution in [2.45, 2.75) is 76.2 Å². The molecule has 1 rings (SSSR count). The Bertz CT molecular complexity index is 493. The van der Waals surface area contributed by atoms with Crippen LogP contribution in [0.1, 0.15) is 44.6 Å². The Labute approximate surface area is 172 Å². The summed E-state index contributed by atoms with van der Waals surface area (Å²) < 4.78 is 5.84. The molecule has 0 aliphatic heterocycles. The number of aliphatic hydroxyl groups excluding tert-OH is 2. The molecule has 0 amide bonds. The van der Waals surface area contributed by atoms with Crippen LogP contribution in [0.25, 0.3) is 0 Å². The number of aryl methyl sites for hydroxylation is 1. The molecule has 0 spiro atoms. The van der Waals surface area contributed by atoms with Crippen molar-refractivity contribution >= 4 is 20.5 Å². The van der Waals surface area contributed by atoms with Gasteiger partial charge in [-0.1, -0.05) is 63.5 Å². The van der Waals surface area contributed by atoms with Crippen molar-refractivity contribution in [2.75, 3.05) is 19.8 Å². The summed E-state index contributed by atoms with van der Waals surface area (Å²) in [4.78, 5) is 0. The highest BCUT2D eigenvalue weighted by Gasteiger charge is 2.22. The molecule has 1 aromatic rings. The van der Waals surface area contributed by atoms with E-state index in [4.69, 9.17) is 10.5 Å². The molecule has 0 aliphatic rings. The van der Waals surface area contributed by atoms with Gasteiger partial charge in [0.25, 0.3) is 0 Å². The van der Waals surface area contributed by atoms with Crippen LogP contribution in [0.15, 0.2) is 24.3 Å². The van der Waals surface area contributed by atoms with Crippen LogP contribution < -0.4 is 10.5 Å². The average molecular weight is 418 g/mol. The van der Waals surface area contributed by atoms with Gasteiger partial charge in [0.15, 0.2) is 0 Å². The molecule has 158 valence electrons. The Morgan fingerprint density at radius 2 is 1.63 bits per heavy atom. The fourth-order valence-corrected chi connectivity index (χ4v) is 6.04. The highest BCUT2D eigenvalue weighted by atomic mass is 35.5. The smallest absolute Gasteiger partial charge is 0.119 e. The number of nitrogens with two attached hydrogens (primary N) is 1. The molecule has 0 saturated heterocycles. The third-order valence-corrected chi connectivity index (χ3v) is 8.72. The second-order valence-corrected chi connectivity index (χ2v) is 13.7. The second-order valence-electron chi connectivity index (χ2n) is 8.40. The summed E-state index contributed by atoms with van der Waals surface area (Å²) in [6.45, 7) is 7.66. The summed E-state index contributed by atoms with van der Waals surface area (Å²) in [5, 5.41) is 18.5. The van der Waals surface area contributed by atoms with Gasteiger partial charge in [0.1, 0.15) is 5.75 Å². The van der Waals surface area contributed by atoms with E-state index in [1.54, 1.807) is 0 Å². The highest BCUT2D eigenvalue weighted by Crippen LogP contribution is 2.21. The first kappa shape index (κ1) is 26.4. The topological polar surface area (TPSA) is 75.7 Å². The molecule has 1 aromatic carbocycles. The Morgan fingerprint density at radius 3 is 2.19 bits per heavy atom. The lowest BCUT2D eigenvalue weighted by atomic mass is 9.94. The van der Waals surface area contributed by atoms with E-state index in [-0.39, 0.29) is 25.6 Å². The first-order valence-electron chi connectivity index (χ1n) is 10.1. The highest BCUT2D eigenvalue weighted by molar-refractivity contribution is 6.77. The third kappa shape index (κ3) is 11.1. The predicted octanol–water partition coefficient (Wildman–Crippen LogP) is 4.39. The van der Waals surface area contributed by atoms with Crippen LogP contribution in [0.4, 0.5) is 0 Å². The van der Waals surface area contributed by atoms with Gasteiger partial charge >= 0.3 is 0 Å². The van der Waals surface area contributed by atoms with Gasteiger partial charge in [0, 0.05) is 8.07 Å². The average Bonchev–Trinajstić information content (AvgIpc) is 2.63. The number of unbranched alkanes of at least 4 members (excludes halogenated alkanes) is 2. The zero-order chi connectivity index (χ0) is 19.5. The van der Waals surface area contributed by atoms with E-state index in [0.717, 1.165) is 30.8 Å². The molecule has 0 unspecified atom stereocenters. The van der Waals surface area contributed by atoms with Gasteiger partial charge < -0.3 is 20.7 Å². The molecule has 4 N–H and O–H groups in total. The maximum atomic E-state index is 9.23. The van der Waals surface area contributed by atoms with Gasteiger partial charge in [-0.25, -0.2) is 0 Å². The minimum atomic E-state index is -0.942. The van der Waals surface area contributed by atoms with Crippen molar-refractivity contribution in [3.63, 3.8) is 0 Å². The van der Waals surface area contributed by atoms with Crippen molar-refractivity contribution < 1.29 is 14.9 Å². The molecule has 0 bridgehead atoms. The van der Waals surface area contributed by atoms with Crippen LogP contribution in [-0.4, -0.2) is 43.6 Å². The number of hydrogen-bond donors (Lipinski definition) is 3. The summed E-state index contributed by atoms with van der Waals surface area (Å²) in [6, 6.07) is 10.9. The Morgan fingerprint density at radius 1 is 1.00 bits per heavy atom. The number of benzene rings is 1. The first-order chi connectivity index (χ1) is 12.3. The van der Waals surface area contributed by atoms with E-state index in [9.17, 15) is 10.2 Å². The monoisotopic (exact) mass is 417 g/mol. The molecule has 0 saturated carbocycles. The van der Waals surface area contributed by atoms with Gasteiger partial charge in [-0.3, -0.25) is 0 Å². The number of aliphatic hydroxyl groups is 2. The zero-order valence-corrected chi connectivity index (χ0v) is 19.2. The maximum Gasteiger partial charge on any atom is 0.119 e. The SMILES string of the molecule is CCC[Si](C)(C)CCCCCOc1ccc(CCC(N)(CO)CO)cc1.Cl. The molecule has 0 fully saturated rings. The fourth-order valence-electron chi connectivity index (χ4n) is 3.23. The van der Waals surface area contributed by atoms with Crippen molar-refractivity contribution in [1.29, 1.82) is 0 Å². The minimum Gasteiger partial charge on any atom is -0.494 e. The third-order valence-electron chi connectivity index (χ3n) is 5.16. The molecule has 4 nitrogen and oxygen atoms in total. The molecule has 0 aromatic heterocycles. The molecule has 0 heterocycles. The quantitative estimate of drug-likeness (QED) is 0.310. The number of halogens is 1. The van der Waals surface area contributed by atoms with Crippen LogP contribution in [0.2, 0.25) is 25.2 Å². The van der Waals surface area contributed by atoms with Crippen LogP contribution in [0.3, 0.4) is 0 Å². The van der Waals surface area contributed by atoms with E-state index in [2.05, 4.69) is 20.0 Å². The van der Waals surface area contributed by atoms with Crippen LogP contribution in [-0.2, 0) is 6.42 Å². The summed E-state index contributed by atoms with van der Waals surface area (Å²) in [6.07, 6.45) is 6.30. The molecule has 0 atom stereocenters. The fraction of sp³-hybridized carbons (Fsp3) is 0.714. The summed E-state index contributed by atoms with van der Waals surface area (Å²) in [5.41, 5.74) is 6.14. The van der Waals surface area contributed by atoms with Crippen molar-refractivity contribution in [1.82, 2.24) is 0 Å². The zero-order valence-electron chi connectivity index (χ0n) is 17.4. The van der Waals surface area contributed by atoms with E-state index >= 15 is 0 Å². The largest absolute Gasteiger partial charge is 0.494 e. The minimum absolute atomic E-state index is 0.